The fraction of sp³-hybridized carbons (Fsp3) is 1.00. The van der Waals surface area contributed by atoms with Gasteiger partial charge in [-0.05, 0) is 0 Å². The van der Waals surface area contributed by atoms with Crippen LogP contribution in [-0.2, 0) is 77.8 Å². The molecule has 0 unspecified atom stereocenters. The molecule has 0 aromatic rings. The summed E-state index contributed by atoms with van der Waals surface area (Å²) in [5.74, 6) is 0. The lowest BCUT2D eigenvalue weighted by Crippen LogP contribution is -2.65. The van der Waals surface area contributed by atoms with Gasteiger partial charge < -0.3 is 87.8 Å². The van der Waals surface area contributed by atoms with E-state index in [9.17, 15) is 86.0 Å². The highest BCUT2D eigenvalue weighted by Crippen LogP contribution is 2.53. The average molecular weight is 902 g/mol. The van der Waals surface area contributed by atoms with Gasteiger partial charge in [0.05, 0.1) is 13.2 Å². The van der Waals surface area contributed by atoms with E-state index < -0.39 is 129 Å². The van der Waals surface area contributed by atoms with Gasteiger partial charge in [0.2, 0.25) is 0 Å². The predicted molar refractivity (Wildman–Crippen MR) is 145 cm³/mol. The Bertz CT molecular complexity index is 1510. The normalized spacial score (nSPS) is 32.2. The Morgan fingerprint density at radius 2 is 0.706 bits per heavy atom. The molecule has 2 heterocycles. The van der Waals surface area contributed by atoms with E-state index in [2.05, 4.69) is 31.7 Å². The van der Waals surface area contributed by atoms with Crippen LogP contribution in [0, 0.1) is 0 Å². The largest absolute Gasteiger partial charge is 0.470 e. The third kappa shape index (κ3) is 18.0. The predicted octanol–water partition coefficient (Wildman–Crippen LogP) is -4.58. The zero-order valence-corrected chi connectivity index (χ0v) is 30.2. The second-order valence-electron chi connectivity index (χ2n) is 9.58. The quantitative estimate of drug-likeness (QED) is 0.0576. The standard InChI is InChI=1S/C12H29O32P7/c13-11-9(43-50(29,30)31)7(41-48(23,24)25)5(3(37-11)1-35-45(14,15)16)39-12-10(44-51(32,33)34)8(42-49(26,27)28)6(40-47(20,21)22)4(38-12)2-36-46(17,18)19/h3-13H,1-2H2,(H2,14,15,16)(H2,17,18,19)(H2,20,21,22)(H2,23,24,25)(H2,26,27,28)(H2,29,30,31)(H2,32,33,34)/t3-,4-,5-,6+,7+,8+,9-,10-,11-,12+/m1/s1. The van der Waals surface area contributed by atoms with E-state index in [0.29, 0.717) is 0 Å². The molecule has 2 fully saturated rings. The molecule has 39 heteroatoms. The zero-order chi connectivity index (χ0) is 39.8. The highest BCUT2D eigenvalue weighted by Gasteiger charge is 2.59. The minimum absolute atomic E-state index is 1.58. The van der Waals surface area contributed by atoms with Crippen molar-refractivity contribution in [2.45, 2.75) is 61.4 Å². The molecule has 0 spiro atoms. The van der Waals surface area contributed by atoms with Gasteiger partial charge in [-0.15, -0.1) is 0 Å². The topological polar surface area (TPSA) is 515 Å². The summed E-state index contributed by atoms with van der Waals surface area (Å²) in [6.07, 6.45) is -28.3. The smallest absolute Gasteiger partial charge is 0.366 e. The molecule has 10 atom stereocenters. The number of hydrogen-bond donors (Lipinski definition) is 15. The number of hydrogen-bond acceptors (Lipinski definition) is 18. The van der Waals surface area contributed by atoms with Crippen LogP contribution < -0.4 is 0 Å². The summed E-state index contributed by atoms with van der Waals surface area (Å²) in [6.45, 7) is -3.25. The molecular weight excluding hydrogens is 873 g/mol. The maximum absolute atomic E-state index is 12.0. The van der Waals surface area contributed by atoms with Crippen LogP contribution in [0.5, 0.6) is 0 Å². The van der Waals surface area contributed by atoms with E-state index in [1.165, 1.54) is 0 Å². The van der Waals surface area contributed by atoms with Crippen molar-refractivity contribution in [3.63, 3.8) is 0 Å². The summed E-state index contributed by atoms with van der Waals surface area (Å²) in [7, 11) is -41.2. The lowest BCUT2D eigenvalue weighted by molar-refractivity contribution is -0.347. The number of rotatable bonds is 18. The average Bonchev–Trinajstić information content (AvgIpc) is 2.84. The summed E-state index contributed by atoms with van der Waals surface area (Å²) < 4.78 is 127. The van der Waals surface area contributed by atoms with Gasteiger partial charge in [0.25, 0.3) is 0 Å². The minimum Gasteiger partial charge on any atom is -0.366 e. The Morgan fingerprint density at radius 1 is 0.392 bits per heavy atom. The third-order valence-corrected chi connectivity index (χ3v) is 9.16. The molecule has 0 saturated carbocycles. The van der Waals surface area contributed by atoms with Crippen molar-refractivity contribution in [3.8, 4) is 0 Å². The molecule has 2 saturated heterocycles. The van der Waals surface area contributed by atoms with Crippen molar-refractivity contribution in [1.82, 2.24) is 0 Å². The van der Waals surface area contributed by atoms with Gasteiger partial charge in [0.1, 0.15) is 48.8 Å². The molecule has 51 heavy (non-hydrogen) atoms. The maximum Gasteiger partial charge on any atom is 0.470 e. The number of aliphatic hydroxyl groups is 1. The second kappa shape index (κ2) is 17.4. The molecule has 0 aliphatic carbocycles. The Kier molecular flexibility index (Phi) is 16.3. The highest BCUT2D eigenvalue weighted by atomic mass is 31.2. The van der Waals surface area contributed by atoms with Crippen molar-refractivity contribution in [2.75, 3.05) is 13.2 Å². The highest BCUT2D eigenvalue weighted by molar-refractivity contribution is 7.47. The van der Waals surface area contributed by atoms with Gasteiger partial charge in [-0.2, -0.15) is 0 Å². The maximum atomic E-state index is 12.0. The first kappa shape index (κ1) is 47.8. The Labute approximate surface area is 281 Å². The van der Waals surface area contributed by atoms with Crippen LogP contribution in [0.1, 0.15) is 0 Å². The first-order chi connectivity index (χ1) is 22.5. The van der Waals surface area contributed by atoms with E-state index in [-0.39, 0.29) is 0 Å². The molecule has 15 N–H and O–H groups in total. The summed E-state index contributed by atoms with van der Waals surface area (Å²) in [5.41, 5.74) is 0. The van der Waals surface area contributed by atoms with Gasteiger partial charge in [-0.3, -0.25) is 31.7 Å². The van der Waals surface area contributed by atoms with Gasteiger partial charge in [-0.1, -0.05) is 0 Å². The van der Waals surface area contributed by atoms with Gasteiger partial charge in [0, 0.05) is 0 Å². The van der Waals surface area contributed by atoms with Crippen molar-refractivity contribution in [1.29, 1.82) is 0 Å². The molecule has 32 nitrogen and oxygen atoms in total. The fourth-order valence-corrected chi connectivity index (χ4v) is 7.64. The van der Waals surface area contributed by atoms with Crippen molar-refractivity contribution < 1.29 is 151 Å². The zero-order valence-electron chi connectivity index (χ0n) is 24.0. The molecular formula is C12H29O32P7. The number of ether oxygens (including phenoxy) is 3. The second-order valence-corrected chi connectivity index (χ2v) is 18.0. The Hall–Kier alpha value is 0.610. The Balaban J connectivity index is 2.87. The fourth-order valence-electron chi connectivity index (χ4n) is 4.20. The van der Waals surface area contributed by atoms with E-state index in [1.54, 1.807) is 0 Å². The minimum atomic E-state index is -6.10. The first-order valence-corrected chi connectivity index (χ1v) is 23.0. The molecule has 0 aromatic heterocycles. The molecule has 0 amide bonds. The van der Waals surface area contributed by atoms with E-state index in [4.69, 9.17) is 33.8 Å². The number of phosphoric ester groups is 7. The SMILES string of the molecule is O=P(O)(O)OC[C@H]1O[C@@H](O[C@H]2[C@H](OP(=O)(O)O)[C@@H](OP(=O)(O)O)[C@H](O)O[C@@H]2COP(=O)(O)O)[C@H](OP(=O)(O)O)[C@@H](OP(=O)(O)O)[C@H]1OP(=O)(O)O. The van der Waals surface area contributed by atoms with Crippen molar-refractivity contribution in [2.24, 2.45) is 0 Å². The third-order valence-electron chi connectivity index (χ3n) is 5.60. The van der Waals surface area contributed by atoms with Crippen LogP contribution in [-0.4, -0.2) is 148 Å². The van der Waals surface area contributed by atoms with Crippen LogP contribution in [0.3, 0.4) is 0 Å². The van der Waals surface area contributed by atoms with Crippen LogP contribution >= 0.6 is 54.8 Å². The number of aliphatic hydroxyl groups excluding tert-OH is 1. The van der Waals surface area contributed by atoms with Crippen molar-refractivity contribution >= 4 is 54.8 Å². The van der Waals surface area contributed by atoms with Gasteiger partial charge >= 0.3 is 54.8 Å². The van der Waals surface area contributed by atoms with Gasteiger partial charge in [0.15, 0.2) is 12.6 Å². The molecule has 0 bridgehead atoms. The molecule has 304 valence electrons. The van der Waals surface area contributed by atoms with Crippen LogP contribution in [0.2, 0.25) is 0 Å². The summed E-state index contributed by atoms with van der Waals surface area (Å²) >= 11 is 0. The summed E-state index contributed by atoms with van der Waals surface area (Å²) in [5, 5.41) is 10.4. The Morgan fingerprint density at radius 3 is 1.08 bits per heavy atom. The van der Waals surface area contributed by atoms with Crippen LogP contribution in [0.25, 0.3) is 0 Å². The molecule has 0 aromatic carbocycles. The van der Waals surface area contributed by atoms with E-state index in [0.717, 1.165) is 0 Å². The van der Waals surface area contributed by atoms with Gasteiger partial charge in [-0.25, -0.2) is 32.0 Å². The lowest BCUT2D eigenvalue weighted by Gasteiger charge is -2.49. The van der Waals surface area contributed by atoms with E-state index in [1.807, 2.05) is 0 Å². The number of phosphoric acid groups is 7. The molecule has 2 aliphatic heterocycles. The first-order valence-electron chi connectivity index (χ1n) is 12.3. The molecule has 2 rings (SSSR count). The van der Waals surface area contributed by atoms with E-state index >= 15 is 0 Å². The lowest BCUT2D eigenvalue weighted by atomic mass is 9.97. The van der Waals surface area contributed by atoms with Crippen LogP contribution in [0.4, 0.5) is 0 Å². The molecule has 0 radical (unpaired) electrons. The molecule has 2 aliphatic rings. The van der Waals surface area contributed by atoms with Crippen molar-refractivity contribution in [3.05, 3.63) is 0 Å². The van der Waals surface area contributed by atoms with Crippen LogP contribution in [0.15, 0.2) is 0 Å². The summed E-state index contributed by atoms with van der Waals surface area (Å²) in [6, 6.07) is 0. The summed E-state index contributed by atoms with van der Waals surface area (Å²) in [4.78, 5) is 131. The monoisotopic (exact) mass is 902 g/mol.